The number of benzene rings is 2. The number of halogens is 1. The number of methoxy groups -OCH3 is 3. The van der Waals surface area contributed by atoms with Crippen LogP contribution in [-0.2, 0) is 13.0 Å². The van der Waals surface area contributed by atoms with Gasteiger partial charge in [-0.3, -0.25) is 4.79 Å². The van der Waals surface area contributed by atoms with Crippen LogP contribution >= 0.6 is 24.0 Å². The molecule has 2 aromatic carbocycles. The van der Waals surface area contributed by atoms with Crippen molar-refractivity contribution in [2.24, 2.45) is 4.99 Å². The number of nitrogens with zero attached hydrogens (tertiary/aromatic N) is 2. The lowest BCUT2D eigenvalue weighted by molar-refractivity contribution is 0.0827. The molecule has 0 unspecified atom stereocenters. The van der Waals surface area contributed by atoms with Gasteiger partial charge in [0.1, 0.15) is 0 Å². The Balaban J connectivity index is 0.00000544. The van der Waals surface area contributed by atoms with Crippen LogP contribution in [0.5, 0.6) is 17.2 Å². The molecule has 0 saturated heterocycles. The topological polar surface area (TPSA) is 84.4 Å². The Kier molecular flexibility index (Phi) is 12.4. The Morgan fingerprint density at radius 1 is 0.970 bits per heavy atom. The minimum absolute atomic E-state index is 0. The van der Waals surface area contributed by atoms with Gasteiger partial charge in [-0.25, -0.2) is 4.99 Å². The third kappa shape index (κ3) is 8.30. The molecule has 0 bridgehead atoms. The van der Waals surface area contributed by atoms with Crippen LogP contribution in [0.4, 0.5) is 0 Å². The second-order valence-electron chi connectivity index (χ2n) is 7.31. The smallest absolute Gasteiger partial charge is 0.253 e. The zero-order chi connectivity index (χ0) is 23.5. The third-order valence-electron chi connectivity index (χ3n) is 4.77. The van der Waals surface area contributed by atoms with Gasteiger partial charge in [-0.05, 0) is 48.7 Å². The third-order valence-corrected chi connectivity index (χ3v) is 4.77. The molecule has 2 N–H and O–H groups in total. The lowest BCUT2D eigenvalue weighted by Crippen LogP contribution is -2.38. The van der Waals surface area contributed by atoms with Gasteiger partial charge in [0.15, 0.2) is 17.5 Å². The van der Waals surface area contributed by atoms with Crippen molar-refractivity contribution in [1.29, 1.82) is 0 Å². The first-order valence-corrected chi connectivity index (χ1v) is 10.5. The highest BCUT2D eigenvalue weighted by molar-refractivity contribution is 14.0. The van der Waals surface area contributed by atoms with Crippen LogP contribution in [0, 0.1) is 0 Å². The summed E-state index contributed by atoms with van der Waals surface area (Å²) >= 11 is 0. The second kappa shape index (κ2) is 14.5. The van der Waals surface area contributed by atoms with E-state index in [1.807, 2.05) is 43.3 Å². The number of ether oxygens (including phenoxy) is 3. The number of nitrogens with one attached hydrogen (secondary N) is 2. The van der Waals surface area contributed by atoms with E-state index < -0.39 is 0 Å². The first-order chi connectivity index (χ1) is 15.4. The number of carbonyl (C=O) groups is 1. The number of rotatable bonds is 10. The minimum Gasteiger partial charge on any atom is -0.493 e. The lowest BCUT2D eigenvalue weighted by atomic mass is 10.1. The second-order valence-corrected chi connectivity index (χ2v) is 7.31. The Labute approximate surface area is 213 Å². The van der Waals surface area contributed by atoms with Gasteiger partial charge in [-0.1, -0.05) is 12.1 Å². The molecule has 0 radical (unpaired) electrons. The van der Waals surface area contributed by atoms with Gasteiger partial charge in [0.2, 0.25) is 5.75 Å². The van der Waals surface area contributed by atoms with Crippen LogP contribution in [0.2, 0.25) is 0 Å². The largest absolute Gasteiger partial charge is 0.493 e. The highest BCUT2D eigenvalue weighted by atomic mass is 127. The Hall–Kier alpha value is -2.69. The quantitative estimate of drug-likeness (QED) is 0.259. The number of aliphatic imine (C=N–C) groups is 1. The average molecular weight is 570 g/mol. The summed E-state index contributed by atoms with van der Waals surface area (Å²) in [4.78, 5) is 18.4. The predicted molar refractivity (Wildman–Crippen MR) is 142 cm³/mol. The van der Waals surface area contributed by atoms with Gasteiger partial charge in [0.25, 0.3) is 5.91 Å². The van der Waals surface area contributed by atoms with Gasteiger partial charge in [0, 0.05) is 32.7 Å². The van der Waals surface area contributed by atoms with Crippen molar-refractivity contribution in [1.82, 2.24) is 15.5 Å². The van der Waals surface area contributed by atoms with Gasteiger partial charge in [-0.2, -0.15) is 0 Å². The molecule has 0 heterocycles. The van der Waals surface area contributed by atoms with Gasteiger partial charge < -0.3 is 29.7 Å². The fourth-order valence-corrected chi connectivity index (χ4v) is 3.18. The SMILES string of the molecule is CCNC(=NCc1cc(OC)c(OC)c(OC)c1)NCCc1cccc(C(=O)N(C)C)c1.I. The summed E-state index contributed by atoms with van der Waals surface area (Å²) in [6.07, 6.45) is 0.767. The summed E-state index contributed by atoms with van der Waals surface area (Å²) < 4.78 is 16.2. The fourth-order valence-electron chi connectivity index (χ4n) is 3.18. The standard InChI is InChI=1S/C24H34N4O4.HI/c1-7-25-24(26-12-11-17-9-8-10-19(13-17)23(29)28(2)3)27-16-18-14-20(30-4)22(32-6)21(15-18)31-5;/h8-10,13-15H,7,11-12,16H2,1-6H3,(H2,25,26,27);1H. The number of guanidine groups is 1. The Morgan fingerprint density at radius 2 is 1.64 bits per heavy atom. The molecule has 0 atom stereocenters. The number of hydrogen-bond acceptors (Lipinski definition) is 5. The van der Waals surface area contributed by atoms with Crippen LogP contribution < -0.4 is 24.8 Å². The predicted octanol–water partition coefficient (Wildman–Crippen LogP) is 3.33. The van der Waals surface area contributed by atoms with E-state index in [-0.39, 0.29) is 29.9 Å². The molecule has 182 valence electrons. The number of amides is 1. The molecule has 9 heteroatoms. The maximum absolute atomic E-state index is 12.2. The molecule has 2 rings (SSSR count). The summed E-state index contributed by atoms with van der Waals surface area (Å²) in [7, 11) is 8.28. The summed E-state index contributed by atoms with van der Waals surface area (Å²) in [5.41, 5.74) is 2.72. The molecule has 33 heavy (non-hydrogen) atoms. The van der Waals surface area contributed by atoms with Gasteiger partial charge in [-0.15, -0.1) is 24.0 Å². The highest BCUT2D eigenvalue weighted by Gasteiger charge is 2.13. The minimum atomic E-state index is 0. The molecule has 0 fully saturated rings. The summed E-state index contributed by atoms with van der Waals surface area (Å²) in [6.45, 7) is 3.89. The molecule has 0 aliphatic rings. The van der Waals surface area contributed by atoms with E-state index in [9.17, 15) is 4.79 Å². The van der Waals surface area contributed by atoms with Crippen LogP contribution in [-0.4, -0.2) is 65.3 Å². The normalized spacial score (nSPS) is 10.7. The first kappa shape index (κ1) is 28.3. The van der Waals surface area contributed by atoms with E-state index in [1.54, 1.807) is 40.3 Å². The molecule has 0 spiro atoms. The van der Waals surface area contributed by atoms with Crippen LogP contribution in [0.25, 0.3) is 0 Å². The molecule has 2 aromatic rings. The monoisotopic (exact) mass is 570 g/mol. The van der Waals surface area contributed by atoms with E-state index in [0.717, 1.165) is 24.1 Å². The van der Waals surface area contributed by atoms with Crippen molar-refractivity contribution in [2.45, 2.75) is 19.9 Å². The van der Waals surface area contributed by atoms with Crippen molar-refractivity contribution in [3.05, 3.63) is 53.1 Å². The summed E-state index contributed by atoms with van der Waals surface area (Å²) in [6, 6.07) is 11.5. The highest BCUT2D eigenvalue weighted by Crippen LogP contribution is 2.38. The number of hydrogen-bond donors (Lipinski definition) is 2. The van der Waals surface area contributed by atoms with Crippen LogP contribution in [0.1, 0.15) is 28.4 Å². The van der Waals surface area contributed by atoms with E-state index >= 15 is 0 Å². The summed E-state index contributed by atoms with van der Waals surface area (Å²) in [5.74, 6) is 2.47. The lowest BCUT2D eigenvalue weighted by Gasteiger charge is -2.15. The number of carbonyl (C=O) groups excluding carboxylic acids is 1. The zero-order valence-electron chi connectivity index (χ0n) is 20.2. The molecule has 0 aromatic heterocycles. The Morgan fingerprint density at radius 3 is 2.18 bits per heavy atom. The van der Waals surface area contributed by atoms with Crippen molar-refractivity contribution >= 4 is 35.8 Å². The molecule has 1 amide bonds. The molecule has 8 nitrogen and oxygen atoms in total. The maximum Gasteiger partial charge on any atom is 0.253 e. The average Bonchev–Trinajstić information content (AvgIpc) is 2.81. The van der Waals surface area contributed by atoms with E-state index in [0.29, 0.717) is 41.9 Å². The maximum atomic E-state index is 12.2. The van der Waals surface area contributed by atoms with Crippen molar-refractivity contribution in [3.8, 4) is 17.2 Å². The van der Waals surface area contributed by atoms with Crippen molar-refractivity contribution < 1.29 is 19.0 Å². The first-order valence-electron chi connectivity index (χ1n) is 10.5. The van der Waals surface area contributed by atoms with Crippen LogP contribution in [0.15, 0.2) is 41.4 Å². The molecule has 0 saturated carbocycles. The van der Waals surface area contributed by atoms with E-state index in [1.165, 1.54) is 0 Å². The Bertz CT molecular complexity index is 909. The van der Waals surface area contributed by atoms with E-state index in [2.05, 4.69) is 15.6 Å². The van der Waals surface area contributed by atoms with Crippen molar-refractivity contribution in [2.75, 3.05) is 48.5 Å². The molecule has 0 aliphatic heterocycles. The van der Waals surface area contributed by atoms with Gasteiger partial charge >= 0.3 is 0 Å². The van der Waals surface area contributed by atoms with Crippen molar-refractivity contribution in [3.63, 3.8) is 0 Å². The fraction of sp³-hybridized carbons (Fsp3) is 0.417. The molecular formula is C24H35IN4O4. The zero-order valence-corrected chi connectivity index (χ0v) is 22.6. The summed E-state index contributed by atoms with van der Waals surface area (Å²) in [5, 5.41) is 6.60. The van der Waals surface area contributed by atoms with Gasteiger partial charge in [0.05, 0.1) is 27.9 Å². The molecular weight excluding hydrogens is 535 g/mol. The molecule has 0 aliphatic carbocycles. The van der Waals surface area contributed by atoms with Crippen LogP contribution in [0.3, 0.4) is 0 Å². The van der Waals surface area contributed by atoms with E-state index in [4.69, 9.17) is 14.2 Å².